The Bertz CT molecular complexity index is 526. The molecule has 4 nitrogen and oxygen atoms in total. The van der Waals surface area contributed by atoms with Gasteiger partial charge in [-0.2, -0.15) is 0 Å². The van der Waals surface area contributed by atoms with Crippen LogP contribution in [0.5, 0.6) is 0 Å². The highest BCUT2D eigenvalue weighted by atomic mass is 32.2. The van der Waals surface area contributed by atoms with Crippen LogP contribution in [0.3, 0.4) is 0 Å². The second kappa shape index (κ2) is 8.10. The summed E-state index contributed by atoms with van der Waals surface area (Å²) in [5.74, 6) is 6.70. The van der Waals surface area contributed by atoms with Crippen LogP contribution >= 0.6 is 11.3 Å². The maximum Gasteiger partial charge on any atom is 0.261 e. The highest BCUT2D eigenvalue weighted by Gasteiger charge is 2.11. The van der Waals surface area contributed by atoms with Crippen molar-refractivity contribution in [1.82, 2.24) is 5.32 Å². The van der Waals surface area contributed by atoms with Crippen molar-refractivity contribution in [2.45, 2.75) is 13.8 Å². The van der Waals surface area contributed by atoms with E-state index in [9.17, 15) is 9.00 Å². The molecular formula is C13H18N2O2S2. The lowest BCUT2D eigenvalue weighted by Crippen LogP contribution is -2.27. The van der Waals surface area contributed by atoms with Gasteiger partial charge in [-0.15, -0.1) is 11.3 Å². The summed E-state index contributed by atoms with van der Waals surface area (Å²) in [7, 11) is -0.851. The first-order valence-electron chi connectivity index (χ1n) is 6.01. The van der Waals surface area contributed by atoms with Crippen molar-refractivity contribution in [3.05, 3.63) is 21.4 Å². The van der Waals surface area contributed by atoms with Gasteiger partial charge >= 0.3 is 0 Å². The fourth-order valence-electron chi connectivity index (χ4n) is 1.36. The van der Waals surface area contributed by atoms with E-state index in [1.807, 2.05) is 19.9 Å². The van der Waals surface area contributed by atoms with Gasteiger partial charge in [0.2, 0.25) is 0 Å². The lowest BCUT2D eigenvalue weighted by molar-refractivity contribution is 0.0960. The molecule has 1 rings (SSSR count). The van der Waals surface area contributed by atoms with Crippen LogP contribution in [0.1, 0.15) is 27.0 Å². The van der Waals surface area contributed by atoms with Gasteiger partial charge in [-0.1, -0.05) is 18.8 Å². The Morgan fingerprint density at radius 2 is 2.32 bits per heavy atom. The minimum atomic E-state index is -0.851. The Labute approximate surface area is 120 Å². The van der Waals surface area contributed by atoms with Crippen molar-refractivity contribution in [2.75, 3.05) is 24.6 Å². The van der Waals surface area contributed by atoms with Gasteiger partial charge in [0.15, 0.2) is 0 Å². The number of aryl methyl sites for hydroxylation is 1. The first-order valence-corrected chi connectivity index (χ1v) is 8.31. The largest absolute Gasteiger partial charge is 0.350 e. The molecule has 0 aromatic carbocycles. The summed E-state index contributed by atoms with van der Waals surface area (Å²) in [6, 6.07) is 1.82. The third-order valence-electron chi connectivity index (χ3n) is 2.38. The van der Waals surface area contributed by atoms with Gasteiger partial charge in [-0.05, 0) is 18.6 Å². The summed E-state index contributed by atoms with van der Waals surface area (Å²) in [6.45, 7) is 4.52. The number of amides is 1. The maximum absolute atomic E-state index is 11.9. The SMILES string of the molecule is CCS(=O)CCNC(=O)c1cc(C)c(C#CCN)s1. The first kappa shape index (κ1) is 15.9. The number of carbonyl (C=O) groups is 1. The summed E-state index contributed by atoms with van der Waals surface area (Å²) in [5, 5.41) is 2.77. The van der Waals surface area contributed by atoms with Gasteiger partial charge in [-0.3, -0.25) is 9.00 Å². The molecule has 0 bridgehead atoms. The number of hydrogen-bond donors (Lipinski definition) is 2. The standard InChI is InChI=1S/C13H18N2O2S2/c1-3-19(17)8-7-15-13(16)12-9-10(2)11(18-12)5-4-6-14/h9H,3,6-8,14H2,1-2H3,(H,15,16). The van der Waals surface area contributed by atoms with Crippen molar-refractivity contribution >= 4 is 28.0 Å². The first-order chi connectivity index (χ1) is 9.08. The molecule has 0 saturated heterocycles. The number of thiophene rings is 1. The molecule has 0 aliphatic carbocycles. The van der Waals surface area contributed by atoms with Gasteiger partial charge in [0.05, 0.1) is 16.3 Å². The predicted molar refractivity (Wildman–Crippen MR) is 80.9 cm³/mol. The lowest BCUT2D eigenvalue weighted by Gasteiger charge is -2.02. The van der Waals surface area contributed by atoms with E-state index in [2.05, 4.69) is 17.2 Å². The molecule has 3 N–H and O–H groups in total. The minimum Gasteiger partial charge on any atom is -0.350 e. The van der Waals surface area contributed by atoms with Crippen molar-refractivity contribution in [3.8, 4) is 11.8 Å². The molecule has 1 heterocycles. The van der Waals surface area contributed by atoms with Gasteiger partial charge in [-0.25, -0.2) is 0 Å². The van der Waals surface area contributed by atoms with E-state index in [1.165, 1.54) is 11.3 Å². The Morgan fingerprint density at radius 3 is 2.95 bits per heavy atom. The second-order valence-corrected chi connectivity index (χ2v) is 6.73. The van der Waals surface area contributed by atoms with E-state index < -0.39 is 10.8 Å². The summed E-state index contributed by atoms with van der Waals surface area (Å²) >= 11 is 1.36. The monoisotopic (exact) mass is 298 g/mol. The molecule has 1 amide bonds. The zero-order chi connectivity index (χ0) is 14.3. The van der Waals surface area contributed by atoms with Crippen LogP contribution in [-0.4, -0.2) is 34.7 Å². The predicted octanol–water partition coefficient (Wildman–Crippen LogP) is 0.865. The molecule has 1 atom stereocenters. The number of rotatable bonds is 5. The van der Waals surface area contributed by atoms with Gasteiger partial charge in [0, 0.05) is 28.9 Å². The fraction of sp³-hybridized carbons (Fsp3) is 0.462. The van der Waals surface area contributed by atoms with E-state index in [4.69, 9.17) is 5.73 Å². The summed E-state index contributed by atoms with van der Waals surface area (Å²) in [5.41, 5.74) is 6.30. The molecule has 19 heavy (non-hydrogen) atoms. The van der Waals surface area contributed by atoms with Crippen LogP contribution in [0.25, 0.3) is 0 Å². The third kappa shape index (κ3) is 5.15. The molecular weight excluding hydrogens is 280 g/mol. The van der Waals surface area contributed by atoms with Crippen molar-refractivity contribution < 1.29 is 9.00 Å². The third-order valence-corrected chi connectivity index (χ3v) is 4.84. The normalized spacial score (nSPS) is 11.5. The smallest absolute Gasteiger partial charge is 0.261 e. The molecule has 104 valence electrons. The van der Waals surface area contributed by atoms with Crippen molar-refractivity contribution in [3.63, 3.8) is 0 Å². The summed E-state index contributed by atoms with van der Waals surface area (Å²) < 4.78 is 11.2. The summed E-state index contributed by atoms with van der Waals surface area (Å²) in [4.78, 5) is 13.4. The van der Waals surface area contributed by atoms with Gasteiger partial charge < -0.3 is 11.1 Å². The maximum atomic E-state index is 11.9. The molecule has 1 unspecified atom stereocenters. The van der Waals surface area contributed by atoms with Crippen LogP contribution in [0.2, 0.25) is 0 Å². The molecule has 0 aliphatic rings. The molecule has 1 aromatic rings. The minimum absolute atomic E-state index is 0.137. The average molecular weight is 298 g/mol. The molecule has 0 aliphatic heterocycles. The average Bonchev–Trinajstić information content (AvgIpc) is 2.77. The molecule has 0 radical (unpaired) electrons. The lowest BCUT2D eigenvalue weighted by atomic mass is 10.2. The van der Waals surface area contributed by atoms with E-state index in [0.717, 1.165) is 10.4 Å². The zero-order valence-electron chi connectivity index (χ0n) is 11.1. The van der Waals surface area contributed by atoms with Crippen molar-refractivity contribution in [2.24, 2.45) is 5.73 Å². The Balaban J connectivity index is 2.60. The van der Waals surface area contributed by atoms with Crippen LogP contribution in [0.4, 0.5) is 0 Å². The highest BCUT2D eigenvalue weighted by Crippen LogP contribution is 2.20. The van der Waals surface area contributed by atoms with Crippen LogP contribution < -0.4 is 11.1 Å². The number of nitrogens with one attached hydrogen (secondary N) is 1. The van der Waals surface area contributed by atoms with E-state index in [1.54, 1.807) is 0 Å². The molecule has 0 fully saturated rings. The second-order valence-electron chi connectivity index (χ2n) is 3.82. The van der Waals surface area contributed by atoms with E-state index >= 15 is 0 Å². The van der Waals surface area contributed by atoms with Crippen LogP contribution in [0, 0.1) is 18.8 Å². The highest BCUT2D eigenvalue weighted by molar-refractivity contribution is 7.84. The van der Waals surface area contributed by atoms with Crippen molar-refractivity contribution in [1.29, 1.82) is 0 Å². The molecule has 0 spiro atoms. The molecule has 6 heteroatoms. The Kier molecular flexibility index (Phi) is 6.78. The quantitative estimate of drug-likeness (QED) is 0.792. The van der Waals surface area contributed by atoms with E-state index in [-0.39, 0.29) is 5.91 Å². The Hall–Kier alpha value is -1.16. The fourth-order valence-corrected chi connectivity index (χ4v) is 2.94. The van der Waals surface area contributed by atoms with E-state index in [0.29, 0.717) is 29.5 Å². The molecule has 0 saturated carbocycles. The van der Waals surface area contributed by atoms with Crippen LogP contribution in [0.15, 0.2) is 6.07 Å². The molecule has 1 aromatic heterocycles. The van der Waals surface area contributed by atoms with Gasteiger partial charge in [0.1, 0.15) is 0 Å². The Morgan fingerprint density at radius 1 is 1.58 bits per heavy atom. The number of hydrogen-bond acceptors (Lipinski definition) is 4. The summed E-state index contributed by atoms with van der Waals surface area (Å²) in [6.07, 6.45) is 0. The van der Waals surface area contributed by atoms with Crippen LogP contribution in [-0.2, 0) is 10.8 Å². The van der Waals surface area contributed by atoms with Gasteiger partial charge in [0.25, 0.3) is 5.91 Å². The zero-order valence-corrected chi connectivity index (χ0v) is 12.7. The topological polar surface area (TPSA) is 72.2 Å². The number of carbonyl (C=O) groups excluding carboxylic acids is 1. The number of nitrogens with two attached hydrogens (primary N) is 1.